The van der Waals surface area contributed by atoms with Crippen molar-refractivity contribution in [1.82, 2.24) is 0 Å². The molecule has 5 nitrogen and oxygen atoms in total. The third-order valence-electron chi connectivity index (χ3n) is 3.10. The van der Waals surface area contributed by atoms with E-state index in [1.165, 1.54) is 6.92 Å². The van der Waals surface area contributed by atoms with E-state index in [2.05, 4.69) is 21.2 Å². The summed E-state index contributed by atoms with van der Waals surface area (Å²) in [5, 5.41) is 2.68. The van der Waals surface area contributed by atoms with E-state index in [-0.39, 0.29) is 0 Å². The summed E-state index contributed by atoms with van der Waals surface area (Å²) in [6.07, 6.45) is -0.920. The molecule has 0 radical (unpaired) electrons. The molecule has 6 heteroatoms. The molecule has 0 fully saturated rings. The Morgan fingerprint density at radius 3 is 2.35 bits per heavy atom. The molecule has 0 aromatic heterocycles. The van der Waals surface area contributed by atoms with Crippen molar-refractivity contribution < 1.29 is 19.1 Å². The zero-order chi connectivity index (χ0) is 16.8. The summed E-state index contributed by atoms with van der Waals surface area (Å²) in [6, 6.07) is 13.8. The summed E-state index contributed by atoms with van der Waals surface area (Å²) in [6.45, 7) is 1.52. The number of halogens is 1. The van der Waals surface area contributed by atoms with Gasteiger partial charge in [0.05, 0.1) is 12.7 Å². The maximum absolute atomic E-state index is 12.1. The summed E-state index contributed by atoms with van der Waals surface area (Å²) in [5.74, 6) is -0.276. The minimum absolute atomic E-state index is 0.372. The average Bonchev–Trinajstić information content (AvgIpc) is 2.55. The van der Waals surface area contributed by atoms with Gasteiger partial charge in [-0.2, -0.15) is 0 Å². The van der Waals surface area contributed by atoms with Crippen molar-refractivity contribution in [3.8, 4) is 5.75 Å². The zero-order valence-corrected chi connectivity index (χ0v) is 14.3. The van der Waals surface area contributed by atoms with Gasteiger partial charge in [0.15, 0.2) is 6.10 Å². The lowest BCUT2D eigenvalue weighted by atomic mass is 10.2. The van der Waals surface area contributed by atoms with Crippen molar-refractivity contribution >= 4 is 33.5 Å². The van der Waals surface area contributed by atoms with Crippen molar-refractivity contribution in [3.63, 3.8) is 0 Å². The Morgan fingerprint density at radius 2 is 1.74 bits per heavy atom. The molecule has 0 unspecified atom stereocenters. The molecule has 2 aromatic rings. The highest BCUT2D eigenvalue weighted by Crippen LogP contribution is 2.18. The second-order valence-corrected chi connectivity index (χ2v) is 5.60. The minimum Gasteiger partial charge on any atom is -0.497 e. The molecule has 1 atom stereocenters. The van der Waals surface area contributed by atoms with Crippen molar-refractivity contribution in [2.45, 2.75) is 13.0 Å². The summed E-state index contributed by atoms with van der Waals surface area (Å²) >= 11 is 3.28. The van der Waals surface area contributed by atoms with E-state index in [9.17, 15) is 9.59 Å². The quantitative estimate of drug-likeness (QED) is 0.807. The van der Waals surface area contributed by atoms with Crippen molar-refractivity contribution in [2.24, 2.45) is 0 Å². The van der Waals surface area contributed by atoms with Gasteiger partial charge in [-0.3, -0.25) is 4.79 Å². The van der Waals surface area contributed by atoms with E-state index in [4.69, 9.17) is 9.47 Å². The number of esters is 1. The van der Waals surface area contributed by atoms with Gasteiger partial charge in [0.25, 0.3) is 5.91 Å². The average molecular weight is 378 g/mol. The lowest BCUT2D eigenvalue weighted by molar-refractivity contribution is -0.123. The van der Waals surface area contributed by atoms with E-state index < -0.39 is 18.0 Å². The van der Waals surface area contributed by atoms with E-state index in [1.54, 1.807) is 55.6 Å². The molecule has 120 valence electrons. The molecule has 0 heterocycles. The Morgan fingerprint density at radius 1 is 1.09 bits per heavy atom. The Hall–Kier alpha value is -2.34. The number of nitrogens with one attached hydrogen (secondary N) is 1. The van der Waals surface area contributed by atoms with Gasteiger partial charge in [-0.1, -0.05) is 12.1 Å². The molecule has 1 N–H and O–H groups in total. The van der Waals surface area contributed by atoms with Gasteiger partial charge in [0.2, 0.25) is 0 Å². The number of ether oxygens (including phenoxy) is 2. The first-order valence-electron chi connectivity index (χ1n) is 6.91. The highest BCUT2D eigenvalue weighted by Gasteiger charge is 2.20. The Kier molecular flexibility index (Phi) is 5.76. The molecular formula is C17H16BrNO4. The van der Waals surface area contributed by atoms with Gasteiger partial charge in [0, 0.05) is 10.2 Å². The molecule has 0 saturated heterocycles. The number of hydrogen-bond donors (Lipinski definition) is 1. The van der Waals surface area contributed by atoms with Gasteiger partial charge in [-0.15, -0.1) is 0 Å². The minimum atomic E-state index is -0.920. The number of hydrogen-bond acceptors (Lipinski definition) is 4. The van der Waals surface area contributed by atoms with Crippen LogP contribution in [-0.4, -0.2) is 25.1 Å². The number of benzene rings is 2. The normalized spacial score (nSPS) is 11.4. The predicted octanol–water partition coefficient (Wildman–Crippen LogP) is 3.64. The number of carbonyl (C=O) groups excluding carboxylic acids is 2. The predicted molar refractivity (Wildman–Crippen MR) is 90.6 cm³/mol. The van der Waals surface area contributed by atoms with Gasteiger partial charge in [-0.25, -0.2) is 4.79 Å². The van der Waals surface area contributed by atoms with Gasteiger partial charge in [0.1, 0.15) is 5.75 Å². The number of rotatable bonds is 5. The molecule has 0 aliphatic carbocycles. The van der Waals surface area contributed by atoms with E-state index >= 15 is 0 Å². The Bertz CT molecular complexity index is 700. The fraction of sp³-hybridized carbons (Fsp3) is 0.176. The van der Waals surface area contributed by atoms with Gasteiger partial charge >= 0.3 is 5.97 Å². The van der Waals surface area contributed by atoms with Crippen LogP contribution in [-0.2, 0) is 9.53 Å². The van der Waals surface area contributed by atoms with Crippen LogP contribution in [0.5, 0.6) is 5.75 Å². The third-order valence-corrected chi connectivity index (χ3v) is 3.80. The standard InChI is InChI=1S/C17H16BrNO4/c1-11(23-17(21)14-5-3-4-6-15(14)18)16(20)19-12-7-9-13(22-2)10-8-12/h3-11H,1-2H3,(H,19,20)/t11-/m0/s1. The van der Waals surface area contributed by atoms with Crippen LogP contribution in [0, 0.1) is 0 Å². The van der Waals surface area contributed by atoms with E-state index in [0.29, 0.717) is 21.5 Å². The highest BCUT2D eigenvalue weighted by atomic mass is 79.9. The number of methoxy groups -OCH3 is 1. The second-order valence-electron chi connectivity index (χ2n) is 4.75. The molecule has 1 amide bonds. The fourth-order valence-corrected chi connectivity index (χ4v) is 2.27. The van der Waals surface area contributed by atoms with Crippen molar-refractivity contribution in [3.05, 3.63) is 58.6 Å². The molecule has 23 heavy (non-hydrogen) atoms. The topological polar surface area (TPSA) is 64.6 Å². The van der Waals surface area contributed by atoms with Crippen molar-refractivity contribution in [1.29, 1.82) is 0 Å². The first-order valence-corrected chi connectivity index (χ1v) is 7.71. The van der Waals surface area contributed by atoms with Gasteiger partial charge in [-0.05, 0) is 59.3 Å². The highest BCUT2D eigenvalue weighted by molar-refractivity contribution is 9.10. The number of carbonyl (C=O) groups is 2. The molecular weight excluding hydrogens is 362 g/mol. The molecule has 2 rings (SSSR count). The fourth-order valence-electron chi connectivity index (χ4n) is 1.82. The summed E-state index contributed by atoms with van der Waals surface area (Å²) in [7, 11) is 1.57. The van der Waals surface area contributed by atoms with Crippen LogP contribution < -0.4 is 10.1 Å². The van der Waals surface area contributed by atoms with Crippen molar-refractivity contribution in [2.75, 3.05) is 12.4 Å². The first-order chi connectivity index (χ1) is 11.0. The van der Waals surface area contributed by atoms with Crippen LogP contribution in [0.25, 0.3) is 0 Å². The maximum Gasteiger partial charge on any atom is 0.340 e. The summed E-state index contributed by atoms with van der Waals surface area (Å²) < 4.78 is 10.9. The van der Waals surface area contributed by atoms with Crippen LogP contribution in [0.2, 0.25) is 0 Å². The lowest BCUT2D eigenvalue weighted by Gasteiger charge is -2.14. The summed E-state index contributed by atoms with van der Waals surface area (Å²) in [4.78, 5) is 24.2. The Balaban J connectivity index is 1.96. The lowest BCUT2D eigenvalue weighted by Crippen LogP contribution is -2.30. The SMILES string of the molecule is COc1ccc(NC(=O)[C@H](C)OC(=O)c2ccccc2Br)cc1. The molecule has 0 saturated carbocycles. The van der Waals surface area contributed by atoms with Gasteiger partial charge < -0.3 is 14.8 Å². The van der Waals surface area contributed by atoms with E-state index in [1.807, 2.05) is 0 Å². The largest absolute Gasteiger partial charge is 0.497 e. The Labute approximate surface area is 142 Å². The molecule has 0 bridgehead atoms. The molecule has 2 aromatic carbocycles. The second kappa shape index (κ2) is 7.78. The first kappa shape index (κ1) is 17.0. The monoisotopic (exact) mass is 377 g/mol. The van der Waals surface area contributed by atoms with Crippen LogP contribution in [0.1, 0.15) is 17.3 Å². The number of amides is 1. The molecule has 0 aliphatic heterocycles. The van der Waals surface area contributed by atoms with Crippen LogP contribution in [0.15, 0.2) is 53.0 Å². The smallest absolute Gasteiger partial charge is 0.340 e. The van der Waals surface area contributed by atoms with Crippen LogP contribution in [0.3, 0.4) is 0 Å². The zero-order valence-electron chi connectivity index (χ0n) is 12.7. The summed E-state index contributed by atoms with van der Waals surface area (Å²) in [5.41, 5.74) is 0.969. The van der Waals surface area contributed by atoms with Crippen LogP contribution in [0.4, 0.5) is 5.69 Å². The third kappa shape index (κ3) is 4.56. The van der Waals surface area contributed by atoms with Crippen LogP contribution >= 0.6 is 15.9 Å². The van der Waals surface area contributed by atoms with E-state index in [0.717, 1.165) is 0 Å². The molecule has 0 aliphatic rings. The maximum atomic E-state index is 12.1. The number of anilines is 1. The molecule has 0 spiro atoms.